The van der Waals surface area contributed by atoms with E-state index in [2.05, 4.69) is 0 Å². The van der Waals surface area contributed by atoms with Crippen LogP contribution in [0, 0.1) is 6.92 Å². The number of carbonyl (C=O) groups excluding carboxylic acids is 1. The van der Waals surface area contributed by atoms with E-state index in [-0.39, 0.29) is 18.5 Å². The van der Waals surface area contributed by atoms with Crippen molar-refractivity contribution >= 4 is 28.7 Å². The highest BCUT2D eigenvalue weighted by molar-refractivity contribution is 7.13. The fourth-order valence-corrected chi connectivity index (χ4v) is 2.15. The number of ether oxygens (including phenoxy) is 1. The van der Waals surface area contributed by atoms with Crippen LogP contribution < -0.4 is 0 Å². The van der Waals surface area contributed by atoms with Gasteiger partial charge in [0.1, 0.15) is 6.61 Å². The minimum atomic E-state index is -0.0400. The van der Waals surface area contributed by atoms with Crippen molar-refractivity contribution in [3.8, 4) is 0 Å². The third kappa shape index (κ3) is 2.80. The molecule has 0 radical (unpaired) electrons. The Balaban J connectivity index is 2.66. The van der Waals surface area contributed by atoms with Crippen molar-refractivity contribution in [3.63, 3.8) is 0 Å². The predicted octanol–water partition coefficient (Wildman–Crippen LogP) is 3.32. The van der Waals surface area contributed by atoms with Gasteiger partial charge in [-0.05, 0) is 31.7 Å². The summed E-state index contributed by atoms with van der Waals surface area (Å²) in [7, 11) is 0. The topological polar surface area (TPSA) is 26.3 Å². The molecule has 1 aromatic heterocycles. The van der Waals surface area contributed by atoms with Crippen LogP contribution in [0.25, 0.3) is 0 Å². The van der Waals surface area contributed by atoms with E-state index < -0.39 is 0 Å². The van der Waals surface area contributed by atoms with Gasteiger partial charge in [0.05, 0.1) is 16.0 Å². The normalized spacial score (nSPS) is 10.9. The molecule has 1 aromatic rings. The Hall–Kier alpha value is -0.380. The van der Waals surface area contributed by atoms with Gasteiger partial charge in [0.25, 0.3) is 0 Å². The molecule has 0 N–H and O–H groups in total. The number of carbonyl (C=O) groups is 1. The molecule has 2 nitrogen and oxygen atoms in total. The molecule has 0 amide bonds. The van der Waals surface area contributed by atoms with Crippen LogP contribution in [-0.4, -0.2) is 18.5 Å². The lowest BCUT2D eigenvalue weighted by Crippen LogP contribution is -2.12. The molecule has 0 unspecified atom stereocenters. The quantitative estimate of drug-likeness (QED) is 0.745. The van der Waals surface area contributed by atoms with Crippen molar-refractivity contribution in [2.45, 2.75) is 26.9 Å². The van der Waals surface area contributed by atoms with Crippen molar-refractivity contribution in [2.75, 3.05) is 6.61 Å². The van der Waals surface area contributed by atoms with Crippen LogP contribution in [-0.2, 0) is 4.74 Å². The molecule has 78 valence electrons. The molecule has 0 saturated carbocycles. The first-order valence-corrected chi connectivity index (χ1v) is 5.66. The first kappa shape index (κ1) is 11.7. The highest BCUT2D eigenvalue weighted by Crippen LogP contribution is 2.27. The maximum absolute atomic E-state index is 11.6. The average molecular weight is 233 g/mol. The van der Waals surface area contributed by atoms with Crippen LogP contribution in [0.2, 0.25) is 5.02 Å². The molecule has 0 atom stereocenters. The monoisotopic (exact) mass is 232 g/mol. The predicted molar refractivity (Wildman–Crippen MR) is 59.5 cm³/mol. The first-order valence-electron chi connectivity index (χ1n) is 4.40. The van der Waals surface area contributed by atoms with Crippen LogP contribution >= 0.6 is 22.9 Å². The fraction of sp³-hybridized carbons (Fsp3) is 0.500. The summed E-state index contributed by atoms with van der Waals surface area (Å²) in [6.45, 7) is 5.79. The van der Waals surface area contributed by atoms with Crippen LogP contribution in [0.1, 0.15) is 29.1 Å². The van der Waals surface area contributed by atoms with Gasteiger partial charge in [-0.3, -0.25) is 4.79 Å². The SMILES string of the molecule is Cc1csc(C(=O)COC(C)C)c1Cl. The molecule has 0 aliphatic rings. The number of hydrogen-bond acceptors (Lipinski definition) is 3. The Morgan fingerprint density at radius 2 is 2.29 bits per heavy atom. The highest BCUT2D eigenvalue weighted by Gasteiger charge is 2.14. The number of thiophene rings is 1. The average Bonchev–Trinajstić information content (AvgIpc) is 2.44. The second-order valence-electron chi connectivity index (χ2n) is 3.34. The molecule has 1 rings (SSSR count). The Morgan fingerprint density at radius 1 is 1.64 bits per heavy atom. The summed E-state index contributed by atoms with van der Waals surface area (Å²) in [6, 6.07) is 0. The molecule has 0 fully saturated rings. The van der Waals surface area contributed by atoms with Crippen molar-refractivity contribution in [2.24, 2.45) is 0 Å². The van der Waals surface area contributed by atoms with E-state index in [0.717, 1.165) is 5.56 Å². The second-order valence-corrected chi connectivity index (χ2v) is 4.60. The zero-order chi connectivity index (χ0) is 10.7. The van der Waals surface area contributed by atoms with Crippen LogP contribution in [0.3, 0.4) is 0 Å². The van der Waals surface area contributed by atoms with Crippen LogP contribution in [0.4, 0.5) is 0 Å². The van der Waals surface area contributed by atoms with E-state index in [1.54, 1.807) is 0 Å². The van der Waals surface area contributed by atoms with E-state index in [4.69, 9.17) is 16.3 Å². The minimum Gasteiger partial charge on any atom is -0.371 e. The number of halogens is 1. The zero-order valence-electron chi connectivity index (χ0n) is 8.46. The standard InChI is InChI=1S/C10H13ClO2S/c1-6(2)13-4-8(12)10-9(11)7(3)5-14-10/h5-6H,4H2,1-3H3. The molecule has 0 saturated heterocycles. The van der Waals surface area contributed by atoms with E-state index in [9.17, 15) is 4.79 Å². The molecule has 0 bridgehead atoms. The molecule has 0 aliphatic heterocycles. The number of ketones is 1. The maximum atomic E-state index is 11.6. The molecular weight excluding hydrogens is 220 g/mol. The summed E-state index contributed by atoms with van der Waals surface area (Å²) < 4.78 is 5.22. The third-order valence-electron chi connectivity index (χ3n) is 1.70. The Bertz CT molecular complexity index is 331. The van der Waals surface area contributed by atoms with Gasteiger partial charge in [0.15, 0.2) is 5.78 Å². The second kappa shape index (κ2) is 4.91. The molecular formula is C10H13ClO2S. The highest BCUT2D eigenvalue weighted by atomic mass is 35.5. The minimum absolute atomic E-state index is 0.0400. The van der Waals surface area contributed by atoms with Crippen LogP contribution in [0.5, 0.6) is 0 Å². The number of aryl methyl sites for hydroxylation is 1. The van der Waals surface area contributed by atoms with E-state index in [1.807, 2.05) is 26.2 Å². The van der Waals surface area contributed by atoms with Gasteiger partial charge in [-0.25, -0.2) is 0 Å². The van der Waals surface area contributed by atoms with E-state index in [0.29, 0.717) is 9.90 Å². The van der Waals surface area contributed by atoms with Gasteiger partial charge in [-0.15, -0.1) is 11.3 Å². The van der Waals surface area contributed by atoms with Crippen LogP contribution in [0.15, 0.2) is 5.38 Å². The molecule has 0 spiro atoms. The largest absolute Gasteiger partial charge is 0.371 e. The first-order chi connectivity index (χ1) is 6.52. The number of Topliss-reactive ketones (excluding diaryl/α,β-unsaturated/α-hetero) is 1. The Morgan fingerprint density at radius 3 is 2.71 bits per heavy atom. The number of hydrogen-bond donors (Lipinski definition) is 0. The third-order valence-corrected chi connectivity index (χ3v) is 3.44. The van der Waals surface area contributed by atoms with Crippen molar-refractivity contribution < 1.29 is 9.53 Å². The molecule has 0 aromatic carbocycles. The van der Waals surface area contributed by atoms with Crippen molar-refractivity contribution in [1.82, 2.24) is 0 Å². The molecule has 1 heterocycles. The molecule has 0 aliphatic carbocycles. The molecule has 14 heavy (non-hydrogen) atoms. The van der Waals surface area contributed by atoms with Gasteiger partial charge in [-0.1, -0.05) is 11.6 Å². The van der Waals surface area contributed by atoms with E-state index >= 15 is 0 Å². The Kier molecular flexibility index (Phi) is 4.11. The van der Waals surface area contributed by atoms with Gasteiger partial charge in [0.2, 0.25) is 0 Å². The summed E-state index contributed by atoms with van der Waals surface area (Å²) >= 11 is 7.33. The maximum Gasteiger partial charge on any atom is 0.199 e. The summed E-state index contributed by atoms with van der Waals surface area (Å²) in [5, 5.41) is 2.44. The van der Waals surface area contributed by atoms with Gasteiger partial charge in [-0.2, -0.15) is 0 Å². The van der Waals surface area contributed by atoms with Gasteiger partial charge >= 0.3 is 0 Å². The summed E-state index contributed by atoms with van der Waals surface area (Å²) in [5.41, 5.74) is 0.949. The van der Waals surface area contributed by atoms with Crippen molar-refractivity contribution in [1.29, 1.82) is 0 Å². The summed E-state index contributed by atoms with van der Waals surface area (Å²) in [5.74, 6) is -0.0400. The van der Waals surface area contributed by atoms with Crippen molar-refractivity contribution in [3.05, 3.63) is 20.8 Å². The lowest BCUT2D eigenvalue weighted by molar-refractivity contribution is 0.0588. The Labute approximate surface area is 92.8 Å². The van der Waals surface area contributed by atoms with E-state index in [1.165, 1.54) is 11.3 Å². The van der Waals surface area contributed by atoms with Gasteiger partial charge < -0.3 is 4.74 Å². The lowest BCUT2D eigenvalue weighted by atomic mass is 10.3. The van der Waals surface area contributed by atoms with Gasteiger partial charge in [0, 0.05) is 0 Å². The lowest BCUT2D eigenvalue weighted by Gasteiger charge is -2.05. The fourth-order valence-electron chi connectivity index (χ4n) is 0.926. The smallest absolute Gasteiger partial charge is 0.199 e. The zero-order valence-corrected chi connectivity index (χ0v) is 10.0. The molecule has 4 heteroatoms. The summed E-state index contributed by atoms with van der Waals surface area (Å²) in [4.78, 5) is 12.2. The number of rotatable bonds is 4. The summed E-state index contributed by atoms with van der Waals surface area (Å²) in [6.07, 6.45) is 0.0683.